The van der Waals surface area contributed by atoms with Gasteiger partial charge in [0.25, 0.3) is 0 Å². The summed E-state index contributed by atoms with van der Waals surface area (Å²) in [5, 5.41) is 9.03. The number of aryl methyl sites for hydroxylation is 2. The molecule has 2 aromatic heterocycles. The molecule has 1 aromatic carbocycles. The van der Waals surface area contributed by atoms with Gasteiger partial charge in [-0.05, 0) is 18.6 Å². The maximum absolute atomic E-state index is 13.0. The fourth-order valence-corrected chi connectivity index (χ4v) is 3.37. The van der Waals surface area contributed by atoms with Crippen LogP contribution in [-0.2, 0) is 16.0 Å². The van der Waals surface area contributed by atoms with Gasteiger partial charge in [-0.3, -0.25) is 4.79 Å². The number of hydrogen-bond donors (Lipinski definition) is 1. The van der Waals surface area contributed by atoms with Gasteiger partial charge in [-0.1, -0.05) is 18.2 Å². The number of nitrogens with one attached hydrogen (secondary N) is 1. The predicted molar refractivity (Wildman–Crippen MR) is 91.0 cm³/mol. The van der Waals surface area contributed by atoms with E-state index in [1.807, 2.05) is 31.2 Å². The molecule has 0 radical (unpaired) electrons. The lowest BCUT2D eigenvalue weighted by Crippen LogP contribution is -2.44. The highest BCUT2D eigenvalue weighted by atomic mass is 16.5. The molecule has 0 aliphatic carbocycles. The zero-order valence-electron chi connectivity index (χ0n) is 14.3. The van der Waals surface area contributed by atoms with E-state index in [0.29, 0.717) is 38.0 Å². The second-order valence-electron chi connectivity index (χ2n) is 6.29. The molecule has 3 aromatic rings. The van der Waals surface area contributed by atoms with Crippen LogP contribution in [0, 0.1) is 13.8 Å². The van der Waals surface area contributed by atoms with Gasteiger partial charge in [-0.2, -0.15) is 0 Å². The highest BCUT2D eigenvalue weighted by Gasteiger charge is 2.32. The summed E-state index contributed by atoms with van der Waals surface area (Å²) >= 11 is 0. The number of carbonyl (C=O) groups is 1. The molecule has 7 heteroatoms. The molecule has 1 aliphatic heterocycles. The number of carbonyl (C=O) groups excluding carboxylic acids is 1. The second kappa shape index (κ2) is 6.33. The molecule has 0 bridgehead atoms. The van der Waals surface area contributed by atoms with Crippen molar-refractivity contribution in [2.45, 2.75) is 26.3 Å². The minimum absolute atomic E-state index is 0.0389. The average molecular weight is 340 g/mol. The number of aromatic amines is 1. The molecule has 0 spiro atoms. The Kier molecular flexibility index (Phi) is 4.01. The Morgan fingerprint density at radius 1 is 1.32 bits per heavy atom. The topological polar surface area (TPSA) is 84.3 Å². The minimum Gasteiger partial charge on any atom is -0.423 e. The normalized spacial score (nSPS) is 18.0. The number of ether oxygens (including phenoxy) is 1. The van der Waals surface area contributed by atoms with Crippen molar-refractivity contribution in [1.29, 1.82) is 0 Å². The molecule has 0 unspecified atom stereocenters. The lowest BCUT2D eigenvalue weighted by atomic mass is 10.1. The summed E-state index contributed by atoms with van der Waals surface area (Å²) in [5.74, 6) is 0.957. The number of amides is 1. The fourth-order valence-electron chi connectivity index (χ4n) is 3.37. The van der Waals surface area contributed by atoms with Gasteiger partial charge < -0.3 is 19.0 Å². The first-order valence-electron chi connectivity index (χ1n) is 8.37. The lowest BCUT2D eigenvalue weighted by Gasteiger charge is -2.33. The molecule has 1 aliphatic rings. The molecule has 25 heavy (non-hydrogen) atoms. The van der Waals surface area contributed by atoms with Crippen LogP contribution in [0.15, 0.2) is 28.7 Å². The van der Waals surface area contributed by atoms with E-state index in [-0.39, 0.29) is 11.9 Å². The predicted octanol–water partition coefficient (Wildman–Crippen LogP) is 2.31. The van der Waals surface area contributed by atoms with Gasteiger partial charge in [-0.15, -0.1) is 10.2 Å². The first-order chi connectivity index (χ1) is 12.1. The standard InChI is InChI=1S/C18H20N4O3/c1-11-14(13-5-3-4-6-15(13)19-11)9-17(23)22-7-8-24-10-16(22)18-21-20-12(2)25-18/h3-6,16,19H,7-10H2,1-2H3/t16-/m1/s1. The van der Waals surface area contributed by atoms with Gasteiger partial charge in [0.05, 0.1) is 19.6 Å². The van der Waals surface area contributed by atoms with Crippen LogP contribution in [0.2, 0.25) is 0 Å². The highest BCUT2D eigenvalue weighted by Crippen LogP contribution is 2.27. The Morgan fingerprint density at radius 3 is 2.96 bits per heavy atom. The number of H-pyrrole nitrogens is 1. The van der Waals surface area contributed by atoms with Crippen molar-refractivity contribution in [2.24, 2.45) is 0 Å². The van der Waals surface area contributed by atoms with Crippen molar-refractivity contribution in [1.82, 2.24) is 20.1 Å². The van der Waals surface area contributed by atoms with E-state index in [1.165, 1.54) is 0 Å². The van der Waals surface area contributed by atoms with E-state index in [1.54, 1.807) is 11.8 Å². The summed E-state index contributed by atoms with van der Waals surface area (Å²) in [6.45, 7) is 5.15. The number of fused-ring (bicyclic) bond motifs is 1. The number of aromatic nitrogens is 3. The second-order valence-corrected chi connectivity index (χ2v) is 6.29. The van der Waals surface area contributed by atoms with E-state index < -0.39 is 0 Å². The molecule has 1 atom stereocenters. The Morgan fingerprint density at radius 2 is 2.16 bits per heavy atom. The fraction of sp³-hybridized carbons (Fsp3) is 0.389. The molecule has 1 saturated heterocycles. The molecule has 0 saturated carbocycles. The van der Waals surface area contributed by atoms with Gasteiger partial charge >= 0.3 is 0 Å². The maximum Gasteiger partial charge on any atom is 0.241 e. The maximum atomic E-state index is 13.0. The molecule has 3 heterocycles. The molecular formula is C18H20N4O3. The molecule has 7 nitrogen and oxygen atoms in total. The molecular weight excluding hydrogens is 320 g/mol. The van der Waals surface area contributed by atoms with E-state index in [2.05, 4.69) is 15.2 Å². The van der Waals surface area contributed by atoms with Crippen LogP contribution in [0.25, 0.3) is 10.9 Å². The molecule has 1 fully saturated rings. The average Bonchev–Trinajstić information content (AvgIpc) is 3.19. The number of hydrogen-bond acceptors (Lipinski definition) is 5. The van der Waals surface area contributed by atoms with Gasteiger partial charge in [0.15, 0.2) is 0 Å². The van der Waals surface area contributed by atoms with Crippen molar-refractivity contribution in [3.05, 3.63) is 47.3 Å². The number of nitrogens with zero attached hydrogens (tertiary/aromatic N) is 3. The van der Waals surface area contributed by atoms with Crippen LogP contribution < -0.4 is 0 Å². The van der Waals surface area contributed by atoms with Crippen molar-refractivity contribution in [2.75, 3.05) is 19.8 Å². The summed E-state index contributed by atoms with van der Waals surface area (Å²) in [6.07, 6.45) is 0.333. The number of para-hydroxylation sites is 1. The quantitative estimate of drug-likeness (QED) is 0.791. The summed E-state index contributed by atoms with van der Waals surface area (Å²) in [4.78, 5) is 18.2. The van der Waals surface area contributed by atoms with Gasteiger partial charge in [-0.25, -0.2) is 0 Å². The van der Waals surface area contributed by atoms with Crippen LogP contribution in [0.4, 0.5) is 0 Å². The van der Waals surface area contributed by atoms with E-state index in [0.717, 1.165) is 22.2 Å². The van der Waals surface area contributed by atoms with Gasteiger partial charge in [0.2, 0.25) is 17.7 Å². The number of benzene rings is 1. The van der Waals surface area contributed by atoms with Gasteiger partial charge in [0, 0.05) is 30.1 Å². The molecule has 1 amide bonds. The van der Waals surface area contributed by atoms with E-state index in [4.69, 9.17) is 9.15 Å². The van der Waals surface area contributed by atoms with E-state index >= 15 is 0 Å². The van der Waals surface area contributed by atoms with Crippen LogP contribution in [-0.4, -0.2) is 45.7 Å². The van der Waals surface area contributed by atoms with Crippen LogP contribution >= 0.6 is 0 Å². The highest BCUT2D eigenvalue weighted by molar-refractivity contribution is 5.90. The van der Waals surface area contributed by atoms with Crippen LogP contribution in [0.1, 0.15) is 29.1 Å². The summed E-state index contributed by atoms with van der Waals surface area (Å²) in [5.41, 5.74) is 3.11. The van der Waals surface area contributed by atoms with Crippen molar-refractivity contribution >= 4 is 16.8 Å². The molecule has 4 rings (SSSR count). The third-order valence-corrected chi connectivity index (χ3v) is 4.63. The zero-order chi connectivity index (χ0) is 17.4. The smallest absolute Gasteiger partial charge is 0.241 e. The first kappa shape index (κ1) is 15.8. The summed E-state index contributed by atoms with van der Waals surface area (Å²) in [6, 6.07) is 7.71. The summed E-state index contributed by atoms with van der Waals surface area (Å²) < 4.78 is 11.1. The Hall–Kier alpha value is -2.67. The monoisotopic (exact) mass is 340 g/mol. The minimum atomic E-state index is -0.326. The van der Waals surface area contributed by atoms with Crippen LogP contribution in [0.5, 0.6) is 0 Å². The Labute approximate surface area is 145 Å². The molecule has 130 valence electrons. The number of morpholine rings is 1. The van der Waals surface area contributed by atoms with Crippen LogP contribution in [0.3, 0.4) is 0 Å². The zero-order valence-corrected chi connectivity index (χ0v) is 14.3. The lowest BCUT2D eigenvalue weighted by molar-refractivity contribution is -0.140. The molecule has 1 N–H and O–H groups in total. The van der Waals surface area contributed by atoms with Crippen molar-refractivity contribution in [3.8, 4) is 0 Å². The first-order valence-corrected chi connectivity index (χ1v) is 8.37. The third-order valence-electron chi connectivity index (χ3n) is 4.63. The van der Waals surface area contributed by atoms with E-state index in [9.17, 15) is 4.79 Å². The summed E-state index contributed by atoms with van der Waals surface area (Å²) in [7, 11) is 0. The third kappa shape index (κ3) is 2.91. The number of rotatable bonds is 3. The van der Waals surface area contributed by atoms with Crippen molar-refractivity contribution < 1.29 is 13.9 Å². The Balaban J connectivity index is 1.61. The van der Waals surface area contributed by atoms with Crippen molar-refractivity contribution in [3.63, 3.8) is 0 Å². The SMILES string of the molecule is Cc1nnc([C@H]2COCCN2C(=O)Cc2c(C)[nH]c3ccccc23)o1. The Bertz CT molecular complexity index is 914. The largest absolute Gasteiger partial charge is 0.423 e. The van der Waals surface area contributed by atoms with Gasteiger partial charge in [0.1, 0.15) is 6.04 Å².